The molecule has 0 radical (unpaired) electrons. The third-order valence-electron chi connectivity index (χ3n) is 3.01. The largest absolute Gasteiger partial charge is 0.318 e. The van der Waals surface area contributed by atoms with Crippen molar-refractivity contribution in [3.05, 3.63) is 18.3 Å². The molecule has 5 heteroatoms. The van der Waals surface area contributed by atoms with E-state index in [1.807, 2.05) is 0 Å². The molecule has 0 unspecified atom stereocenters. The first-order valence-electron chi connectivity index (χ1n) is 5.59. The minimum atomic E-state index is 0.0184. The second kappa shape index (κ2) is 4.57. The molecule has 16 heavy (non-hydrogen) atoms. The molecule has 1 aliphatic heterocycles. The molecule has 1 fully saturated rings. The molecule has 1 aliphatic rings. The number of hydrogen-bond donors (Lipinski definition) is 1. The van der Waals surface area contributed by atoms with Crippen LogP contribution in [-0.2, 0) is 4.79 Å². The van der Waals surface area contributed by atoms with Gasteiger partial charge in [0.15, 0.2) is 12.4 Å². The average molecular weight is 221 g/mol. The van der Waals surface area contributed by atoms with Crippen molar-refractivity contribution in [2.24, 2.45) is 0 Å². The van der Waals surface area contributed by atoms with Crippen molar-refractivity contribution in [2.45, 2.75) is 12.8 Å². The number of nitrogens with zero attached hydrogens (tertiary/aromatic N) is 3. The standard InChI is InChI=1S/C11H16N4O/c1-15(7-2-3-8-15)9-11(16)13-10-5-4-6-12-14-10/h4-6H,2-3,7-9H2,1H3/p+1. The van der Waals surface area contributed by atoms with Gasteiger partial charge in [0.1, 0.15) is 0 Å². The van der Waals surface area contributed by atoms with Gasteiger partial charge in [-0.3, -0.25) is 4.79 Å². The lowest BCUT2D eigenvalue weighted by Crippen LogP contribution is -2.46. The zero-order valence-electron chi connectivity index (χ0n) is 9.52. The maximum Gasteiger partial charge on any atom is 0.280 e. The zero-order valence-corrected chi connectivity index (χ0v) is 9.52. The van der Waals surface area contributed by atoms with E-state index in [1.54, 1.807) is 18.3 Å². The zero-order chi connectivity index (χ0) is 11.4. The quantitative estimate of drug-likeness (QED) is 0.763. The summed E-state index contributed by atoms with van der Waals surface area (Å²) in [6.45, 7) is 2.71. The highest BCUT2D eigenvalue weighted by molar-refractivity contribution is 5.90. The van der Waals surface area contributed by atoms with Crippen LogP contribution in [0.5, 0.6) is 0 Å². The molecular formula is C11H17N4O+. The number of rotatable bonds is 3. The van der Waals surface area contributed by atoms with Crippen LogP contribution in [0, 0.1) is 0 Å². The predicted molar refractivity (Wildman–Crippen MR) is 60.7 cm³/mol. The molecule has 1 saturated heterocycles. The van der Waals surface area contributed by atoms with Gasteiger partial charge in [-0.1, -0.05) is 0 Å². The van der Waals surface area contributed by atoms with Gasteiger partial charge in [-0.2, -0.15) is 5.10 Å². The normalized spacial score (nSPS) is 18.3. The Bertz CT molecular complexity index is 360. The summed E-state index contributed by atoms with van der Waals surface area (Å²) in [5, 5.41) is 10.3. The van der Waals surface area contributed by atoms with Gasteiger partial charge in [-0.25, -0.2) is 0 Å². The lowest BCUT2D eigenvalue weighted by atomic mass is 10.4. The first kappa shape index (κ1) is 11.0. The third-order valence-corrected chi connectivity index (χ3v) is 3.01. The van der Waals surface area contributed by atoms with Crippen molar-refractivity contribution in [1.29, 1.82) is 0 Å². The topological polar surface area (TPSA) is 54.9 Å². The molecule has 0 atom stereocenters. The Hall–Kier alpha value is -1.49. The number of likely N-dealkylation sites (N-methyl/N-ethyl adjacent to an activating group) is 1. The molecule has 0 aliphatic carbocycles. The third kappa shape index (κ3) is 2.76. The summed E-state index contributed by atoms with van der Waals surface area (Å²) in [5.74, 6) is 0.545. The van der Waals surface area contributed by atoms with Crippen LogP contribution in [-0.4, -0.2) is 47.3 Å². The monoisotopic (exact) mass is 221 g/mol. The number of likely N-dealkylation sites (tertiary alicyclic amines) is 1. The fourth-order valence-corrected chi connectivity index (χ4v) is 2.15. The molecule has 0 bridgehead atoms. The minimum absolute atomic E-state index is 0.0184. The number of anilines is 1. The summed E-state index contributed by atoms with van der Waals surface area (Å²) < 4.78 is 0.839. The second-order valence-corrected chi connectivity index (χ2v) is 4.59. The Labute approximate surface area is 95.1 Å². The van der Waals surface area contributed by atoms with Crippen LogP contribution in [0.3, 0.4) is 0 Å². The summed E-state index contributed by atoms with van der Waals surface area (Å²) in [5.41, 5.74) is 0. The van der Waals surface area contributed by atoms with Crippen LogP contribution in [0.4, 0.5) is 5.82 Å². The number of nitrogens with one attached hydrogen (secondary N) is 1. The van der Waals surface area contributed by atoms with E-state index in [0.29, 0.717) is 12.4 Å². The van der Waals surface area contributed by atoms with Gasteiger partial charge in [0.05, 0.1) is 20.1 Å². The van der Waals surface area contributed by atoms with E-state index >= 15 is 0 Å². The van der Waals surface area contributed by atoms with E-state index < -0.39 is 0 Å². The highest BCUT2D eigenvalue weighted by Crippen LogP contribution is 2.15. The number of carbonyl (C=O) groups is 1. The van der Waals surface area contributed by atoms with Gasteiger partial charge >= 0.3 is 0 Å². The summed E-state index contributed by atoms with van der Waals surface area (Å²) in [4.78, 5) is 11.8. The molecule has 1 aromatic heterocycles. The Balaban J connectivity index is 1.89. The van der Waals surface area contributed by atoms with E-state index in [4.69, 9.17) is 0 Å². The fraction of sp³-hybridized carbons (Fsp3) is 0.545. The Morgan fingerprint density at radius 3 is 2.88 bits per heavy atom. The fourth-order valence-electron chi connectivity index (χ4n) is 2.15. The number of carbonyl (C=O) groups excluding carboxylic acids is 1. The van der Waals surface area contributed by atoms with Crippen LogP contribution >= 0.6 is 0 Å². The number of hydrogen-bond acceptors (Lipinski definition) is 3. The molecule has 86 valence electrons. The molecule has 5 nitrogen and oxygen atoms in total. The van der Waals surface area contributed by atoms with E-state index in [9.17, 15) is 4.79 Å². The Morgan fingerprint density at radius 1 is 1.50 bits per heavy atom. The molecule has 0 spiro atoms. The summed E-state index contributed by atoms with van der Waals surface area (Å²) in [7, 11) is 2.13. The van der Waals surface area contributed by atoms with Crippen molar-refractivity contribution >= 4 is 11.7 Å². The van der Waals surface area contributed by atoms with Gasteiger partial charge in [0.2, 0.25) is 0 Å². The van der Waals surface area contributed by atoms with Gasteiger partial charge in [0.25, 0.3) is 5.91 Å². The van der Waals surface area contributed by atoms with E-state index in [-0.39, 0.29) is 5.91 Å². The van der Waals surface area contributed by atoms with Crippen LogP contribution in [0.25, 0.3) is 0 Å². The van der Waals surface area contributed by atoms with Crippen molar-refractivity contribution in [3.8, 4) is 0 Å². The first-order valence-corrected chi connectivity index (χ1v) is 5.59. The highest BCUT2D eigenvalue weighted by atomic mass is 16.2. The predicted octanol–water partition coefficient (Wildman–Crippen LogP) is 0.655. The van der Waals surface area contributed by atoms with Crippen molar-refractivity contribution in [1.82, 2.24) is 10.2 Å². The van der Waals surface area contributed by atoms with Gasteiger partial charge in [0, 0.05) is 19.0 Å². The van der Waals surface area contributed by atoms with E-state index in [2.05, 4.69) is 22.6 Å². The van der Waals surface area contributed by atoms with Crippen molar-refractivity contribution in [3.63, 3.8) is 0 Å². The molecule has 2 rings (SSSR count). The first-order chi connectivity index (χ1) is 7.68. The van der Waals surface area contributed by atoms with Crippen LogP contribution in [0.15, 0.2) is 18.3 Å². The summed E-state index contributed by atoms with van der Waals surface area (Å²) >= 11 is 0. The summed E-state index contributed by atoms with van der Waals surface area (Å²) in [6.07, 6.45) is 4.02. The second-order valence-electron chi connectivity index (χ2n) is 4.59. The SMILES string of the molecule is C[N+]1(CC(=O)Nc2cccnn2)CCCC1. The van der Waals surface area contributed by atoms with E-state index in [0.717, 1.165) is 17.6 Å². The molecule has 1 N–H and O–H groups in total. The van der Waals surface area contributed by atoms with Crippen molar-refractivity contribution < 1.29 is 9.28 Å². The number of quaternary nitrogens is 1. The Morgan fingerprint density at radius 2 is 2.25 bits per heavy atom. The molecule has 1 amide bonds. The molecular weight excluding hydrogens is 204 g/mol. The van der Waals surface area contributed by atoms with Crippen LogP contribution in [0.1, 0.15) is 12.8 Å². The summed E-state index contributed by atoms with van der Waals surface area (Å²) in [6, 6.07) is 3.50. The van der Waals surface area contributed by atoms with Crippen LogP contribution < -0.4 is 5.32 Å². The maximum absolute atomic E-state index is 11.8. The molecule has 2 heterocycles. The molecule has 0 aromatic carbocycles. The van der Waals surface area contributed by atoms with Gasteiger partial charge in [-0.05, 0) is 12.1 Å². The highest BCUT2D eigenvalue weighted by Gasteiger charge is 2.29. The lowest BCUT2D eigenvalue weighted by Gasteiger charge is -2.27. The maximum atomic E-state index is 11.8. The van der Waals surface area contributed by atoms with Crippen LogP contribution in [0.2, 0.25) is 0 Å². The van der Waals surface area contributed by atoms with Gasteiger partial charge in [-0.15, -0.1) is 5.10 Å². The number of aromatic nitrogens is 2. The lowest BCUT2D eigenvalue weighted by molar-refractivity contribution is -0.889. The Kier molecular flexibility index (Phi) is 3.14. The molecule has 1 aromatic rings. The number of amides is 1. The molecule has 0 saturated carbocycles. The van der Waals surface area contributed by atoms with E-state index in [1.165, 1.54) is 12.8 Å². The smallest absolute Gasteiger partial charge is 0.280 e. The average Bonchev–Trinajstić information content (AvgIpc) is 2.66. The van der Waals surface area contributed by atoms with Crippen molar-refractivity contribution in [2.75, 3.05) is 32.0 Å². The minimum Gasteiger partial charge on any atom is -0.318 e. The van der Waals surface area contributed by atoms with Gasteiger partial charge < -0.3 is 9.80 Å².